The number of piperidine rings is 1. The molecular weight excluding hydrogens is 334 g/mol. The number of likely N-dealkylation sites (tertiary alicyclic amines) is 1. The van der Waals surface area contributed by atoms with E-state index < -0.39 is 0 Å². The average molecular weight is 364 g/mol. The van der Waals surface area contributed by atoms with Gasteiger partial charge in [0.05, 0.1) is 0 Å². The van der Waals surface area contributed by atoms with Gasteiger partial charge in [0, 0.05) is 57.6 Å². The maximum absolute atomic E-state index is 12.6. The fourth-order valence-corrected chi connectivity index (χ4v) is 4.35. The summed E-state index contributed by atoms with van der Waals surface area (Å²) >= 11 is 0. The third-order valence-electron chi connectivity index (χ3n) is 5.91. The standard InChI is InChI=1S/C23H29N3O/c1-24(2)20-10-7-18(8-11-20)17-25-15-13-21(14-16-25)26-22-6-4-3-5-19(22)9-12-23(26)27/h3-8,10-11,21H,9,12-17H2,1-2H3. The maximum atomic E-state index is 12.6. The van der Waals surface area contributed by atoms with Crippen LogP contribution in [0, 0.1) is 0 Å². The summed E-state index contributed by atoms with van der Waals surface area (Å²) in [6.45, 7) is 3.09. The highest BCUT2D eigenvalue weighted by Gasteiger charge is 2.32. The van der Waals surface area contributed by atoms with Gasteiger partial charge in [-0.3, -0.25) is 9.69 Å². The van der Waals surface area contributed by atoms with E-state index in [4.69, 9.17) is 0 Å². The van der Waals surface area contributed by atoms with E-state index in [1.54, 1.807) is 0 Å². The molecule has 4 heteroatoms. The lowest BCUT2D eigenvalue weighted by Crippen LogP contribution is -2.49. The lowest BCUT2D eigenvalue weighted by Gasteiger charge is -2.41. The van der Waals surface area contributed by atoms with Crippen LogP contribution in [0.4, 0.5) is 11.4 Å². The van der Waals surface area contributed by atoms with Crippen molar-refractivity contribution < 1.29 is 4.79 Å². The third-order valence-corrected chi connectivity index (χ3v) is 5.91. The Kier molecular flexibility index (Phi) is 5.17. The predicted molar refractivity (Wildman–Crippen MR) is 111 cm³/mol. The second-order valence-electron chi connectivity index (χ2n) is 7.96. The Morgan fingerprint density at radius 2 is 1.67 bits per heavy atom. The average Bonchev–Trinajstić information content (AvgIpc) is 2.69. The van der Waals surface area contributed by atoms with Crippen molar-refractivity contribution in [2.45, 2.75) is 38.3 Å². The van der Waals surface area contributed by atoms with E-state index in [9.17, 15) is 4.79 Å². The lowest BCUT2D eigenvalue weighted by molar-refractivity contribution is -0.119. The summed E-state index contributed by atoms with van der Waals surface area (Å²) in [5.74, 6) is 0.298. The Morgan fingerprint density at radius 3 is 2.37 bits per heavy atom. The van der Waals surface area contributed by atoms with Gasteiger partial charge in [-0.1, -0.05) is 30.3 Å². The summed E-state index contributed by atoms with van der Waals surface area (Å²) < 4.78 is 0. The predicted octanol–water partition coefficient (Wildman–Crippen LogP) is 3.70. The first-order valence-corrected chi connectivity index (χ1v) is 10.0. The van der Waals surface area contributed by atoms with Crippen molar-refractivity contribution in [3.05, 3.63) is 59.7 Å². The van der Waals surface area contributed by atoms with E-state index in [2.05, 4.69) is 77.3 Å². The van der Waals surface area contributed by atoms with Crippen molar-refractivity contribution in [1.29, 1.82) is 0 Å². The molecule has 0 radical (unpaired) electrons. The van der Waals surface area contributed by atoms with Crippen LogP contribution < -0.4 is 9.80 Å². The summed E-state index contributed by atoms with van der Waals surface area (Å²) in [4.78, 5) is 19.4. The van der Waals surface area contributed by atoms with Crippen molar-refractivity contribution in [2.75, 3.05) is 37.0 Å². The number of nitrogens with zero attached hydrogens (tertiary/aromatic N) is 3. The number of carbonyl (C=O) groups excluding carboxylic acids is 1. The van der Waals surface area contributed by atoms with E-state index in [0.29, 0.717) is 18.4 Å². The molecule has 4 nitrogen and oxygen atoms in total. The van der Waals surface area contributed by atoms with E-state index in [1.165, 1.54) is 16.8 Å². The number of carbonyl (C=O) groups is 1. The van der Waals surface area contributed by atoms with Gasteiger partial charge in [-0.25, -0.2) is 0 Å². The summed E-state index contributed by atoms with van der Waals surface area (Å²) in [5, 5.41) is 0. The molecule has 0 saturated carbocycles. The molecule has 2 aliphatic rings. The fourth-order valence-electron chi connectivity index (χ4n) is 4.35. The van der Waals surface area contributed by atoms with Crippen molar-refractivity contribution in [3.8, 4) is 0 Å². The molecule has 0 aromatic heterocycles. The van der Waals surface area contributed by atoms with Gasteiger partial charge in [0.1, 0.15) is 0 Å². The van der Waals surface area contributed by atoms with Crippen molar-refractivity contribution >= 4 is 17.3 Å². The molecule has 0 N–H and O–H groups in total. The summed E-state index contributed by atoms with van der Waals surface area (Å²) in [6, 6.07) is 17.6. The lowest BCUT2D eigenvalue weighted by atomic mass is 9.95. The van der Waals surface area contributed by atoms with E-state index in [-0.39, 0.29) is 0 Å². The molecule has 142 valence electrons. The van der Waals surface area contributed by atoms with Crippen LogP contribution in [0.2, 0.25) is 0 Å². The van der Waals surface area contributed by atoms with Crippen LogP contribution in [0.3, 0.4) is 0 Å². The van der Waals surface area contributed by atoms with Crippen LogP contribution in [-0.2, 0) is 17.8 Å². The zero-order valence-electron chi connectivity index (χ0n) is 16.4. The smallest absolute Gasteiger partial charge is 0.227 e. The quantitative estimate of drug-likeness (QED) is 0.829. The second kappa shape index (κ2) is 7.73. The first kappa shape index (κ1) is 18.1. The number of hydrogen-bond donors (Lipinski definition) is 0. The molecule has 2 aliphatic heterocycles. The number of fused-ring (bicyclic) bond motifs is 1. The van der Waals surface area contributed by atoms with Gasteiger partial charge in [-0.15, -0.1) is 0 Å². The number of benzene rings is 2. The van der Waals surface area contributed by atoms with Crippen LogP contribution in [0.5, 0.6) is 0 Å². The topological polar surface area (TPSA) is 26.8 Å². The van der Waals surface area contributed by atoms with Gasteiger partial charge >= 0.3 is 0 Å². The Balaban J connectivity index is 1.38. The normalized spacial score (nSPS) is 18.4. The van der Waals surface area contributed by atoms with Crippen LogP contribution in [0.15, 0.2) is 48.5 Å². The molecule has 2 aromatic rings. The van der Waals surface area contributed by atoms with Gasteiger partial charge < -0.3 is 9.80 Å². The first-order chi connectivity index (χ1) is 13.1. The Morgan fingerprint density at radius 1 is 0.963 bits per heavy atom. The molecule has 0 bridgehead atoms. The number of hydrogen-bond acceptors (Lipinski definition) is 3. The molecule has 2 aromatic carbocycles. The van der Waals surface area contributed by atoms with Crippen LogP contribution in [-0.4, -0.2) is 44.0 Å². The van der Waals surface area contributed by atoms with E-state index >= 15 is 0 Å². The summed E-state index contributed by atoms with van der Waals surface area (Å²) in [5.41, 5.74) is 5.06. The monoisotopic (exact) mass is 363 g/mol. The SMILES string of the molecule is CN(C)c1ccc(CN2CCC(N3C(=O)CCc4ccccc43)CC2)cc1. The number of amides is 1. The van der Waals surface area contributed by atoms with Crippen molar-refractivity contribution in [3.63, 3.8) is 0 Å². The van der Waals surface area contributed by atoms with Crippen LogP contribution in [0.25, 0.3) is 0 Å². The number of anilines is 2. The van der Waals surface area contributed by atoms with Crippen molar-refractivity contribution in [1.82, 2.24) is 4.90 Å². The molecule has 0 atom stereocenters. The molecule has 0 unspecified atom stereocenters. The molecule has 27 heavy (non-hydrogen) atoms. The van der Waals surface area contributed by atoms with E-state index in [1.807, 2.05) is 0 Å². The molecule has 4 rings (SSSR count). The first-order valence-electron chi connectivity index (χ1n) is 10.0. The minimum absolute atomic E-state index is 0.298. The second-order valence-corrected chi connectivity index (χ2v) is 7.96. The zero-order chi connectivity index (χ0) is 18.8. The van der Waals surface area contributed by atoms with Gasteiger partial charge in [0.2, 0.25) is 5.91 Å². The van der Waals surface area contributed by atoms with Gasteiger partial charge in [-0.2, -0.15) is 0 Å². The van der Waals surface area contributed by atoms with Gasteiger partial charge in [-0.05, 0) is 48.6 Å². The third kappa shape index (κ3) is 3.86. The minimum Gasteiger partial charge on any atom is -0.378 e. The number of rotatable bonds is 4. The van der Waals surface area contributed by atoms with Crippen LogP contribution in [0.1, 0.15) is 30.4 Å². The molecule has 0 aliphatic carbocycles. The molecule has 1 amide bonds. The Bertz CT molecular complexity index is 792. The molecule has 1 saturated heterocycles. The fraction of sp³-hybridized carbons (Fsp3) is 0.435. The minimum atomic E-state index is 0.298. The van der Waals surface area contributed by atoms with Crippen molar-refractivity contribution in [2.24, 2.45) is 0 Å². The zero-order valence-corrected chi connectivity index (χ0v) is 16.4. The molecular formula is C23H29N3O. The van der Waals surface area contributed by atoms with E-state index in [0.717, 1.165) is 44.6 Å². The number of aryl methyl sites for hydroxylation is 1. The van der Waals surface area contributed by atoms with Gasteiger partial charge in [0.15, 0.2) is 0 Å². The van der Waals surface area contributed by atoms with Crippen LogP contribution >= 0.6 is 0 Å². The Hall–Kier alpha value is -2.33. The molecule has 2 heterocycles. The summed E-state index contributed by atoms with van der Waals surface area (Å²) in [6.07, 6.45) is 3.63. The largest absolute Gasteiger partial charge is 0.378 e. The molecule has 1 fully saturated rings. The molecule has 0 spiro atoms. The highest BCUT2D eigenvalue weighted by atomic mass is 16.2. The maximum Gasteiger partial charge on any atom is 0.227 e. The summed E-state index contributed by atoms with van der Waals surface area (Å²) in [7, 11) is 4.14. The highest BCUT2D eigenvalue weighted by molar-refractivity contribution is 5.97. The van der Waals surface area contributed by atoms with Gasteiger partial charge in [0.25, 0.3) is 0 Å². The highest BCUT2D eigenvalue weighted by Crippen LogP contribution is 2.32. The Labute approximate surface area is 162 Å². The number of para-hydroxylation sites is 1.